The maximum absolute atomic E-state index is 11.4. The van der Waals surface area contributed by atoms with Crippen molar-refractivity contribution in [3.8, 4) is 0 Å². The summed E-state index contributed by atoms with van der Waals surface area (Å²) in [6, 6.07) is 0. The summed E-state index contributed by atoms with van der Waals surface area (Å²) in [7, 11) is 2.93. The summed E-state index contributed by atoms with van der Waals surface area (Å²) in [5.41, 5.74) is 3.72. The van der Waals surface area contributed by atoms with E-state index in [0.29, 0.717) is 24.7 Å². The van der Waals surface area contributed by atoms with Crippen molar-refractivity contribution in [3.63, 3.8) is 0 Å². The van der Waals surface area contributed by atoms with E-state index in [-0.39, 0.29) is 35.4 Å². The van der Waals surface area contributed by atoms with E-state index in [9.17, 15) is 30.6 Å². The van der Waals surface area contributed by atoms with Gasteiger partial charge in [0, 0.05) is 20.1 Å². The molecule has 51 heavy (non-hydrogen) atoms. The van der Waals surface area contributed by atoms with Gasteiger partial charge in [-0.25, -0.2) is 0 Å². The van der Waals surface area contributed by atoms with Crippen LogP contribution in [0.2, 0.25) is 0 Å². The van der Waals surface area contributed by atoms with Crippen molar-refractivity contribution < 1.29 is 59.1 Å². The minimum absolute atomic E-state index is 0.0155. The highest BCUT2D eigenvalue weighted by molar-refractivity contribution is 5.50. The third-order valence-electron chi connectivity index (χ3n) is 14.0. The van der Waals surface area contributed by atoms with Crippen molar-refractivity contribution in [1.82, 2.24) is 0 Å². The smallest absolute Gasteiger partial charge is 0.187 e. The van der Waals surface area contributed by atoms with Crippen LogP contribution >= 0.6 is 0 Å². The Hall–Kier alpha value is -1.00. The Labute approximate surface area is 303 Å². The van der Waals surface area contributed by atoms with Crippen LogP contribution in [-0.2, 0) is 28.4 Å². The average molecular weight is 725 g/mol. The molecular weight excluding hydrogens is 660 g/mol. The lowest BCUT2D eigenvalue weighted by molar-refractivity contribution is -0.313. The molecule has 2 aliphatic heterocycles. The van der Waals surface area contributed by atoms with E-state index in [0.717, 1.165) is 38.5 Å². The molecule has 0 amide bonds. The molecule has 0 spiro atoms. The zero-order valence-corrected chi connectivity index (χ0v) is 31.5. The molecule has 6 N–H and O–H groups in total. The largest absolute Gasteiger partial charge is 0.394 e. The van der Waals surface area contributed by atoms with Crippen molar-refractivity contribution in [1.29, 1.82) is 0 Å². The van der Waals surface area contributed by atoms with Gasteiger partial charge in [-0.3, -0.25) is 0 Å². The van der Waals surface area contributed by atoms with E-state index in [4.69, 9.17) is 28.4 Å². The van der Waals surface area contributed by atoms with Crippen LogP contribution in [0, 0.1) is 34.5 Å². The minimum Gasteiger partial charge on any atom is -0.394 e. The van der Waals surface area contributed by atoms with Gasteiger partial charge in [0.1, 0.15) is 36.6 Å². The highest BCUT2D eigenvalue weighted by Crippen LogP contribution is 2.64. The number of aliphatic hydroxyl groups is 6. The van der Waals surface area contributed by atoms with E-state index < -0.39 is 74.1 Å². The van der Waals surface area contributed by atoms with Crippen molar-refractivity contribution in [2.45, 2.75) is 160 Å². The van der Waals surface area contributed by atoms with Gasteiger partial charge in [-0.1, -0.05) is 46.3 Å². The van der Waals surface area contributed by atoms with Crippen LogP contribution < -0.4 is 0 Å². The number of ether oxygens (including phenoxy) is 6. The molecule has 2 heterocycles. The highest BCUT2D eigenvalue weighted by Gasteiger charge is 2.58. The molecule has 2 saturated heterocycles. The first-order chi connectivity index (χ1) is 24.2. The van der Waals surface area contributed by atoms with Crippen LogP contribution in [0.1, 0.15) is 86.0 Å². The van der Waals surface area contributed by atoms with Gasteiger partial charge < -0.3 is 59.1 Å². The number of hydrogen-bond donors (Lipinski definition) is 6. The molecule has 6 aliphatic rings. The fourth-order valence-electron chi connectivity index (χ4n) is 10.8. The maximum atomic E-state index is 11.4. The quantitative estimate of drug-likeness (QED) is 0.174. The van der Waals surface area contributed by atoms with Gasteiger partial charge in [-0.2, -0.15) is 0 Å². The van der Waals surface area contributed by atoms with Crippen LogP contribution in [0.15, 0.2) is 22.8 Å². The molecule has 12 heteroatoms. The maximum Gasteiger partial charge on any atom is 0.187 e. The molecule has 0 bridgehead atoms. The predicted octanol–water partition coefficient (Wildman–Crippen LogP) is 2.60. The third-order valence-corrected chi connectivity index (χ3v) is 14.0. The Kier molecular flexibility index (Phi) is 12.2. The van der Waals surface area contributed by atoms with E-state index >= 15 is 0 Å². The van der Waals surface area contributed by atoms with Crippen molar-refractivity contribution in [2.75, 3.05) is 27.4 Å². The minimum atomic E-state index is -1.18. The van der Waals surface area contributed by atoms with Gasteiger partial charge >= 0.3 is 0 Å². The summed E-state index contributed by atoms with van der Waals surface area (Å²) in [6.07, 6.45) is -1.24. The molecule has 292 valence electrons. The molecule has 0 aromatic rings. The number of rotatable bonds is 12. The lowest BCUT2D eigenvalue weighted by Crippen LogP contribution is -2.57. The molecule has 0 aromatic carbocycles. The van der Waals surface area contributed by atoms with Crippen molar-refractivity contribution >= 4 is 0 Å². The number of allylic oxidation sites excluding steroid dienone is 3. The molecule has 0 aromatic heterocycles. The highest BCUT2D eigenvalue weighted by atomic mass is 16.8. The van der Waals surface area contributed by atoms with Gasteiger partial charge in [0.25, 0.3) is 0 Å². The molecule has 0 unspecified atom stereocenters. The molecule has 4 aliphatic carbocycles. The summed E-state index contributed by atoms with van der Waals surface area (Å²) in [5, 5.41) is 64.6. The van der Waals surface area contributed by atoms with Gasteiger partial charge in [-0.05, 0) is 91.1 Å². The fourth-order valence-corrected chi connectivity index (χ4v) is 10.8. The van der Waals surface area contributed by atoms with Gasteiger partial charge in [0.15, 0.2) is 12.6 Å². The zero-order chi connectivity index (χ0) is 37.0. The van der Waals surface area contributed by atoms with Crippen LogP contribution in [-0.4, -0.2) is 132 Å². The molecule has 6 rings (SSSR count). The Morgan fingerprint density at radius 3 is 2.29 bits per heavy atom. The second-order valence-corrected chi connectivity index (χ2v) is 17.1. The van der Waals surface area contributed by atoms with Gasteiger partial charge in [-0.15, -0.1) is 0 Å². The normalized spacial score (nSPS) is 46.8. The van der Waals surface area contributed by atoms with Gasteiger partial charge in [0.05, 0.1) is 37.6 Å². The number of methoxy groups -OCH3 is 2. The van der Waals surface area contributed by atoms with E-state index in [2.05, 4.69) is 40.7 Å². The summed E-state index contributed by atoms with van der Waals surface area (Å²) in [5.74, 6) is 0.584. The van der Waals surface area contributed by atoms with Crippen LogP contribution in [0.3, 0.4) is 0 Å². The summed E-state index contributed by atoms with van der Waals surface area (Å²) >= 11 is 0. The summed E-state index contributed by atoms with van der Waals surface area (Å²) in [4.78, 5) is 0. The molecule has 17 atom stereocenters. The average Bonchev–Trinajstić information content (AvgIpc) is 3.60. The molecule has 3 fully saturated rings. The molecular formula is C39H64O12. The predicted molar refractivity (Wildman–Crippen MR) is 186 cm³/mol. The van der Waals surface area contributed by atoms with E-state index in [1.54, 1.807) is 0 Å². The lowest BCUT2D eigenvalue weighted by Gasteiger charge is -2.56. The van der Waals surface area contributed by atoms with E-state index in [1.807, 2.05) is 0 Å². The molecule has 12 nitrogen and oxygen atoms in total. The van der Waals surface area contributed by atoms with Crippen molar-refractivity contribution in [2.24, 2.45) is 34.5 Å². The molecule has 0 radical (unpaired) electrons. The first-order valence-corrected chi connectivity index (χ1v) is 19.3. The topological polar surface area (TPSA) is 177 Å². The Morgan fingerprint density at radius 2 is 1.63 bits per heavy atom. The Balaban J connectivity index is 1.12. The lowest BCUT2D eigenvalue weighted by atomic mass is 9.50. The van der Waals surface area contributed by atoms with E-state index in [1.165, 1.54) is 30.9 Å². The number of hydrogen-bond acceptors (Lipinski definition) is 12. The first kappa shape index (κ1) is 39.7. The first-order valence-electron chi connectivity index (χ1n) is 19.3. The van der Waals surface area contributed by atoms with Crippen LogP contribution in [0.5, 0.6) is 0 Å². The fraction of sp³-hybridized carbons (Fsp3) is 0.897. The third kappa shape index (κ3) is 7.04. The van der Waals surface area contributed by atoms with Crippen LogP contribution in [0.4, 0.5) is 0 Å². The Bertz CT molecular complexity index is 1270. The second-order valence-electron chi connectivity index (χ2n) is 17.1. The number of aliphatic hydroxyl groups excluding tert-OH is 6. The van der Waals surface area contributed by atoms with Gasteiger partial charge in [0.2, 0.25) is 0 Å². The SMILES string of the molecule is CO[C@H]1[C@H](O[C@H]2[C@H](O[C@@H](CC[C@@H](C)[C@H]3CC=C4C5=C(CC[C@@]43C)[C@@]3(C)CC[C@H](O)[C@H](O)[C@@H]3[C@@H](O)C5)C(C)C)O[C@@H](CO)[C@@H]2O)OC[C@@H](OC)[C@@H]1O. The number of fused-ring (bicyclic) bond motifs is 4. The second kappa shape index (κ2) is 15.6. The standard InChI is InChI=1S/C39H64O12/c1-19(2)27(49-37-35(32(44)28(17-40)50-37)51-36-34(47-7)33(45)29(46-6)18-48-36)11-8-20(3)22-9-10-23-21-16-26(42)30-31(43)25(41)13-15-39(30,5)24(21)12-14-38(22,23)4/h10,19-20,22,25-37,40-45H,8-9,11-18H2,1-7H3/t20-,22-,25+,26+,27+,28+,29-,30+,31+,32+,33+,34-,35-,36+,37-,38-,39-/m1/s1. The molecule has 1 saturated carbocycles. The van der Waals surface area contributed by atoms with Crippen molar-refractivity contribution in [3.05, 3.63) is 22.8 Å². The van der Waals surface area contributed by atoms with Crippen LogP contribution in [0.25, 0.3) is 0 Å². The summed E-state index contributed by atoms with van der Waals surface area (Å²) in [6.45, 7) is 10.8. The summed E-state index contributed by atoms with van der Waals surface area (Å²) < 4.78 is 35.5. The zero-order valence-electron chi connectivity index (χ0n) is 31.5. The Morgan fingerprint density at radius 1 is 0.882 bits per heavy atom. The monoisotopic (exact) mass is 724 g/mol.